The molecular formula is C19H23N3O3. The summed E-state index contributed by atoms with van der Waals surface area (Å²) >= 11 is 0. The molecule has 3 rings (SSSR count). The number of aryl methyl sites for hydroxylation is 1. The van der Waals surface area contributed by atoms with E-state index < -0.39 is 0 Å². The minimum atomic E-state index is -0.249. The number of hydrazone groups is 1. The quantitative estimate of drug-likeness (QED) is 0.806. The number of methoxy groups -OCH3 is 1. The number of fused-ring (bicyclic) bond motifs is 1. The molecule has 0 saturated heterocycles. The van der Waals surface area contributed by atoms with Crippen molar-refractivity contribution in [1.29, 1.82) is 0 Å². The van der Waals surface area contributed by atoms with E-state index in [-0.39, 0.29) is 23.7 Å². The Balaban J connectivity index is 1.93. The summed E-state index contributed by atoms with van der Waals surface area (Å²) < 4.78 is 4.72. The lowest BCUT2D eigenvalue weighted by molar-refractivity contribution is -0.140. The zero-order chi connectivity index (χ0) is 18.0. The monoisotopic (exact) mass is 341 g/mol. The molecule has 1 aromatic rings. The van der Waals surface area contributed by atoms with Crippen LogP contribution in [-0.4, -0.2) is 29.9 Å². The normalized spacial score (nSPS) is 18.5. The number of aromatic hydroxyl groups is 1. The lowest BCUT2D eigenvalue weighted by Crippen LogP contribution is -2.37. The highest BCUT2D eigenvalue weighted by atomic mass is 16.5. The zero-order valence-electron chi connectivity index (χ0n) is 14.7. The predicted octanol–water partition coefficient (Wildman–Crippen LogP) is 2.80. The first-order chi connectivity index (χ1) is 12.0. The zero-order valence-corrected chi connectivity index (χ0v) is 14.7. The summed E-state index contributed by atoms with van der Waals surface area (Å²) in [5.74, 6) is 0.107. The Labute approximate surface area is 147 Å². The number of hydrogen-bond acceptors (Lipinski definition) is 6. The topological polar surface area (TPSA) is 74.2 Å². The third-order valence-corrected chi connectivity index (χ3v) is 4.35. The van der Waals surface area contributed by atoms with Crippen LogP contribution >= 0.6 is 0 Å². The van der Waals surface area contributed by atoms with Gasteiger partial charge in [0.05, 0.1) is 18.9 Å². The van der Waals surface area contributed by atoms with Gasteiger partial charge in [-0.1, -0.05) is 38.1 Å². The Morgan fingerprint density at radius 3 is 2.88 bits per heavy atom. The third kappa shape index (κ3) is 3.58. The SMILES string of the molecule is COC(=O)CCc1cc(C(C)C)c(O)c(N2N=C3C=CC=CC3N2)c1. The molecule has 6 nitrogen and oxygen atoms in total. The summed E-state index contributed by atoms with van der Waals surface area (Å²) in [4.78, 5) is 11.5. The molecule has 0 aromatic heterocycles. The molecule has 1 atom stereocenters. The lowest BCUT2D eigenvalue weighted by Gasteiger charge is -2.21. The minimum Gasteiger partial charge on any atom is -0.505 e. The van der Waals surface area contributed by atoms with E-state index in [1.54, 1.807) is 5.12 Å². The van der Waals surface area contributed by atoms with Crippen molar-refractivity contribution in [3.05, 3.63) is 47.6 Å². The molecule has 1 aliphatic carbocycles. The number of hydrogen-bond donors (Lipinski definition) is 2. The van der Waals surface area contributed by atoms with E-state index in [2.05, 4.69) is 10.5 Å². The van der Waals surface area contributed by atoms with E-state index in [4.69, 9.17) is 4.74 Å². The van der Waals surface area contributed by atoms with E-state index in [1.165, 1.54) is 7.11 Å². The predicted molar refractivity (Wildman–Crippen MR) is 97.7 cm³/mol. The summed E-state index contributed by atoms with van der Waals surface area (Å²) in [5.41, 5.74) is 6.54. The molecule has 0 saturated carbocycles. The number of rotatable bonds is 5. The van der Waals surface area contributed by atoms with Gasteiger partial charge in [-0.05, 0) is 35.6 Å². The van der Waals surface area contributed by atoms with Gasteiger partial charge >= 0.3 is 5.97 Å². The van der Waals surface area contributed by atoms with E-state index in [1.807, 2.05) is 50.3 Å². The van der Waals surface area contributed by atoms with Crippen LogP contribution in [0.25, 0.3) is 0 Å². The Kier molecular flexibility index (Phi) is 4.90. The van der Waals surface area contributed by atoms with Crippen LogP contribution in [0.5, 0.6) is 5.75 Å². The summed E-state index contributed by atoms with van der Waals surface area (Å²) in [6.45, 7) is 4.05. The lowest BCUT2D eigenvalue weighted by atomic mass is 9.96. The fourth-order valence-electron chi connectivity index (χ4n) is 2.93. The van der Waals surface area contributed by atoms with Crippen LogP contribution in [-0.2, 0) is 16.0 Å². The highest BCUT2D eigenvalue weighted by Crippen LogP contribution is 2.37. The molecule has 0 radical (unpaired) electrons. The Bertz CT molecular complexity index is 765. The number of nitrogens with zero attached hydrogens (tertiary/aromatic N) is 2. The molecule has 0 amide bonds. The Morgan fingerprint density at radius 2 is 2.20 bits per heavy atom. The van der Waals surface area contributed by atoms with Crippen LogP contribution < -0.4 is 10.5 Å². The fraction of sp³-hybridized carbons (Fsp3) is 0.368. The molecule has 2 aliphatic rings. The van der Waals surface area contributed by atoms with E-state index in [9.17, 15) is 9.90 Å². The number of hydrazine groups is 1. The van der Waals surface area contributed by atoms with Crippen LogP contribution in [0.2, 0.25) is 0 Å². The molecule has 6 heteroatoms. The third-order valence-electron chi connectivity index (χ3n) is 4.35. The smallest absolute Gasteiger partial charge is 0.305 e. The number of carbonyl (C=O) groups excluding carboxylic acids is 1. The Hall–Kier alpha value is -2.60. The number of phenolic OH excluding ortho intramolecular Hbond substituents is 1. The van der Waals surface area contributed by atoms with Crippen LogP contribution in [0.15, 0.2) is 41.5 Å². The second-order valence-corrected chi connectivity index (χ2v) is 6.47. The molecule has 1 aromatic carbocycles. The number of nitrogens with one attached hydrogen (secondary N) is 1. The standard InChI is InChI=1S/C19H23N3O3/c1-12(2)14-10-13(8-9-18(23)25-3)11-17(19(14)24)22-20-15-6-4-5-7-16(15)21-22/h4-7,10-12,15,20,24H,8-9H2,1-3H3. The van der Waals surface area contributed by atoms with Gasteiger partial charge in [-0.3, -0.25) is 4.79 Å². The van der Waals surface area contributed by atoms with Gasteiger partial charge in [0.2, 0.25) is 0 Å². The van der Waals surface area contributed by atoms with Gasteiger partial charge in [0.15, 0.2) is 0 Å². The van der Waals surface area contributed by atoms with Crippen molar-refractivity contribution in [2.75, 3.05) is 12.2 Å². The average molecular weight is 341 g/mol. The number of benzene rings is 1. The number of ether oxygens (including phenoxy) is 1. The van der Waals surface area contributed by atoms with Gasteiger partial charge in [0, 0.05) is 6.42 Å². The van der Waals surface area contributed by atoms with E-state index in [0.717, 1.165) is 16.8 Å². The first kappa shape index (κ1) is 17.2. The van der Waals surface area contributed by atoms with Crippen molar-refractivity contribution in [3.8, 4) is 5.75 Å². The molecule has 132 valence electrons. The van der Waals surface area contributed by atoms with Crippen LogP contribution in [0.4, 0.5) is 5.69 Å². The van der Waals surface area contributed by atoms with Crippen molar-refractivity contribution < 1.29 is 14.6 Å². The van der Waals surface area contributed by atoms with Gasteiger partial charge in [0.1, 0.15) is 11.4 Å². The first-order valence-electron chi connectivity index (χ1n) is 8.42. The maximum Gasteiger partial charge on any atom is 0.305 e. The van der Waals surface area contributed by atoms with Crippen molar-refractivity contribution in [2.24, 2.45) is 5.10 Å². The van der Waals surface area contributed by atoms with Gasteiger partial charge in [0.25, 0.3) is 0 Å². The summed E-state index contributed by atoms with van der Waals surface area (Å²) in [7, 11) is 1.39. The number of carbonyl (C=O) groups is 1. The summed E-state index contributed by atoms with van der Waals surface area (Å²) in [6, 6.07) is 3.82. The molecule has 1 heterocycles. The molecule has 0 fully saturated rings. The van der Waals surface area contributed by atoms with Crippen LogP contribution in [0.1, 0.15) is 37.3 Å². The second kappa shape index (κ2) is 7.11. The highest BCUT2D eigenvalue weighted by Gasteiger charge is 2.27. The van der Waals surface area contributed by atoms with Crippen molar-refractivity contribution in [3.63, 3.8) is 0 Å². The number of anilines is 1. The fourth-order valence-corrected chi connectivity index (χ4v) is 2.93. The van der Waals surface area contributed by atoms with Crippen molar-refractivity contribution >= 4 is 17.4 Å². The summed E-state index contributed by atoms with van der Waals surface area (Å²) in [6.07, 6.45) is 8.71. The molecule has 0 bridgehead atoms. The first-order valence-corrected chi connectivity index (χ1v) is 8.42. The minimum absolute atomic E-state index is 0.00521. The van der Waals surface area contributed by atoms with Gasteiger partial charge < -0.3 is 9.84 Å². The van der Waals surface area contributed by atoms with Gasteiger partial charge in [-0.25, -0.2) is 0 Å². The van der Waals surface area contributed by atoms with Gasteiger partial charge in [-0.2, -0.15) is 15.6 Å². The number of phenols is 1. The maximum absolute atomic E-state index is 11.5. The van der Waals surface area contributed by atoms with E-state index >= 15 is 0 Å². The number of allylic oxidation sites excluding steroid dienone is 2. The van der Waals surface area contributed by atoms with Crippen LogP contribution in [0, 0.1) is 0 Å². The number of esters is 1. The average Bonchev–Trinajstić information content (AvgIpc) is 3.04. The largest absolute Gasteiger partial charge is 0.505 e. The van der Waals surface area contributed by atoms with Crippen LogP contribution in [0.3, 0.4) is 0 Å². The Morgan fingerprint density at radius 1 is 1.40 bits per heavy atom. The maximum atomic E-state index is 11.5. The molecule has 0 spiro atoms. The molecule has 2 N–H and O–H groups in total. The second-order valence-electron chi connectivity index (χ2n) is 6.47. The molecule has 25 heavy (non-hydrogen) atoms. The summed E-state index contributed by atoms with van der Waals surface area (Å²) in [5, 5.41) is 16.9. The van der Waals surface area contributed by atoms with Crippen molar-refractivity contribution in [1.82, 2.24) is 5.43 Å². The molecular weight excluding hydrogens is 318 g/mol. The highest BCUT2D eigenvalue weighted by molar-refractivity contribution is 6.03. The molecule has 1 aliphatic heterocycles. The molecule has 1 unspecified atom stereocenters. The van der Waals surface area contributed by atoms with Gasteiger partial charge in [-0.15, -0.1) is 0 Å². The van der Waals surface area contributed by atoms with E-state index in [0.29, 0.717) is 18.5 Å². The van der Waals surface area contributed by atoms with Crippen molar-refractivity contribution in [2.45, 2.75) is 38.6 Å².